The first-order valence-corrected chi connectivity index (χ1v) is 11.6. The Morgan fingerprint density at radius 1 is 1.29 bits per heavy atom. The molecule has 1 saturated heterocycles. The van der Waals surface area contributed by atoms with E-state index in [0.29, 0.717) is 18.7 Å². The molecule has 1 atom stereocenters. The summed E-state index contributed by atoms with van der Waals surface area (Å²) >= 11 is 6.26. The molecule has 1 fully saturated rings. The van der Waals surface area contributed by atoms with Crippen LogP contribution in [0.2, 0.25) is 5.02 Å². The lowest BCUT2D eigenvalue weighted by Gasteiger charge is -2.27. The van der Waals surface area contributed by atoms with Crippen molar-refractivity contribution in [3.63, 3.8) is 0 Å². The van der Waals surface area contributed by atoms with E-state index in [1.165, 1.54) is 6.20 Å². The van der Waals surface area contributed by atoms with Crippen LogP contribution in [0.3, 0.4) is 0 Å². The standard InChI is InChI=1S/C24H30ClN7O2/c1-16(2)14-32(22-19(25)13-27-21(12-26)28-22)29-23(33)18-9-7-17(8-10-18)15-31-11-5-6-20(31)24(34)30(3)4/h7-10,13,16,20H,5-6,11,14-15H2,1-4H3,(H,29,33)/t20-/m0/s1. The summed E-state index contributed by atoms with van der Waals surface area (Å²) in [6, 6.07) is 9.13. The molecule has 0 unspecified atom stereocenters. The van der Waals surface area contributed by atoms with E-state index in [-0.39, 0.29) is 40.4 Å². The van der Waals surface area contributed by atoms with E-state index in [0.717, 1.165) is 24.9 Å². The highest BCUT2D eigenvalue weighted by atomic mass is 35.5. The van der Waals surface area contributed by atoms with Gasteiger partial charge in [0.25, 0.3) is 5.91 Å². The minimum absolute atomic E-state index is 0.0280. The van der Waals surface area contributed by atoms with E-state index in [1.54, 1.807) is 36.1 Å². The highest BCUT2D eigenvalue weighted by molar-refractivity contribution is 6.32. The van der Waals surface area contributed by atoms with Crippen molar-refractivity contribution in [2.45, 2.75) is 39.3 Å². The maximum absolute atomic E-state index is 13.0. The van der Waals surface area contributed by atoms with Crippen molar-refractivity contribution < 1.29 is 9.59 Å². The molecular formula is C24H30ClN7O2. The Balaban J connectivity index is 1.71. The molecule has 2 heterocycles. The van der Waals surface area contributed by atoms with Crippen molar-refractivity contribution in [3.05, 3.63) is 52.4 Å². The second-order valence-corrected chi connectivity index (χ2v) is 9.39. The van der Waals surface area contributed by atoms with Crippen LogP contribution in [-0.4, -0.2) is 64.8 Å². The van der Waals surface area contributed by atoms with E-state index in [1.807, 2.05) is 32.0 Å². The molecule has 0 spiro atoms. The average molecular weight is 484 g/mol. The average Bonchev–Trinajstić information content (AvgIpc) is 3.26. The Morgan fingerprint density at radius 3 is 2.62 bits per heavy atom. The number of carbonyl (C=O) groups excluding carboxylic acids is 2. The number of halogens is 1. The number of carbonyl (C=O) groups is 2. The van der Waals surface area contributed by atoms with E-state index >= 15 is 0 Å². The summed E-state index contributed by atoms with van der Waals surface area (Å²) < 4.78 is 0. The first kappa shape index (κ1) is 25.4. The van der Waals surface area contributed by atoms with Gasteiger partial charge in [0, 0.05) is 32.7 Å². The Labute approximate surface area is 205 Å². The molecule has 180 valence electrons. The number of hydrazine groups is 1. The van der Waals surface area contributed by atoms with Crippen molar-refractivity contribution in [1.82, 2.24) is 25.2 Å². The molecule has 34 heavy (non-hydrogen) atoms. The fourth-order valence-electron chi connectivity index (χ4n) is 3.93. The van der Waals surface area contributed by atoms with Crippen LogP contribution >= 0.6 is 11.6 Å². The molecule has 1 aliphatic rings. The summed E-state index contributed by atoms with van der Waals surface area (Å²) in [5.41, 5.74) is 4.36. The fraction of sp³-hybridized carbons (Fsp3) is 0.458. The number of anilines is 1. The second kappa shape index (κ2) is 11.3. The van der Waals surface area contributed by atoms with Gasteiger partial charge in [0.05, 0.1) is 12.2 Å². The summed E-state index contributed by atoms with van der Waals surface area (Å²) in [4.78, 5) is 37.3. The summed E-state index contributed by atoms with van der Waals surface area (Å²) in [6.07, 6.45) is 3.21. The van der Waals surface area contributed by atoms with Gasteiger partial charge in [-0.2, -0.15) is 10.2 Å². The predicted octanol–water partition coefficient (Wildman–Crippen LogP) is 2.86. The molecule has 1 aromatic carbocycles. The molecule has 0 aliphatic carbocycles. The third-order valence-corrected chi connectivity index (χ3v) is 5.82. The maximum atomic E-state index is 13.0. The third-order valence-electron chi connectivity index (χ3n) is 5.56. The minimum Gasteiger partial charge on any atom is -0.347 e. The van der Waals surface area contributed by atoms with Gasteiger partial charge in [-0.05, 0) is 43.0 Å². The molecule has 0 saturated carbocycles. The van der Waals surface area contributed by atoms with E-state index in [4.69, 9.17) is 16.9 Å². The Morgan fingerprint density at radius 2 is 2.00 bits per heavy atom. The van der Waals surface area contributed by atoms with E-state index in [9.17, 15) is 9.59 Å². The van der Waals surface area contributed by atoms with Gasteiger partial charge in [0.15, 0.2) is 5.82 Å². The summed E-state index contributed by atoms with van der Waals surface area (Å²) in [5, 5.41) is 10.9. The van der Waals surface area contributed by atoms with Crippen molar-refractivity contribution in [3.8, 4) is 6.07 Å². The van der Waals surface area contributed by atoms with Crippen molar-refractivity contribution in [1.29, 1.82) is 5.26 Å². The van der Waals surface area contributed by atoms with Crippen LogP contribution in [0.15, 0.2) is 30.5 Å². The minimum atomic E-state index is -0.317. The number of aromatic nitrogens is 2. The van der Waals surface area contributed by atoms with E-state index in [2.05, 4.69) is 20.3 Å². The number of likely N-dealkylation sites (N-methyl/N-ethyl adjacent to an activating group) is 1. The largest absolute Gasteiger partial charge is 0.347 e. The van der Waals surface area contributed by atoms with Crippen LogP contribution in [0.5, 0.6) is 0 Å². The lowest BCUT2D eigenvalue weighted by molar-refractivity contribution is -0.133. The van der Waals surface area contributed by atoms with Gasteiger partial charge in [-0.15, -0.1) is 0 Å². The fourth-order valence-corrected chi connectivity index (χ4v) is 4.12. The summed E-state index contributed by atoms with van der Waals surface area (Å²) in [6.45, 7) is 5.98. The van der Waals surface area contributed by atoms with Gasteiger partial charge in [-0.1, -0.05) is 37.6 Å². The van der Waals surface area contributed by atoms with Crippen LogP contribution in [0.25, 0.3) is 0 Å². The van der Waals surface area contributed by atoms with Crippen LogP contribution < -0.4 is 10.4 Å². The van der Waals surface area contributed by atoms with Gasteiger partial charge in [0.1, 0.15) is 11.1 Å². The normalized spacial score (nSPS) is 15.7. The Kier molecular flexibility index (Phi) is 8.42. The quantitative estimate of drug-likeness (QED) is 0.575. The third kappa shape index (κ3) is 6.22. The van der Waals surface area contributed by atoms with Gasteiger partial charge in [-0.3, -0.25) is 24.9 Å². The zero-order valence-corrected chi connectivity index (χ0v) is 20.7. The Hall–Kier alpha value is -3.22. The second-order valence-electron chi connectivity index (χ2n) is 8.98. The monoisotopic (exact) mass is 483 g/mol. The van der Waals surface area contributed by atoms with Gasteiger partial charge in [0.2, 0.25) is 11.7 Å². The van der Waals surface area contributed by atoms with E-state index < -0.39 is 0 Å². The molecule has 2 amide bonds. The molecule has 2 aromatic rings. The summed E-state index contributed by atoms with van der Waals surface area (Å²) in [5.74, 6) is 0.249. The first-order valence-electron chi connectivity index (χ1n) is 11.2. The number of likely N-dealkylation sites (tertiary alicyclic amines) is 1. The van der Waals surface area contributed by atoms with Crippen molar-refractivity contribution in [2.24, 2.45) is 5.92 Å². The molecule has 10 heteroatoms. The SMILES string of the molecule is CC(C)CN(NC(=O)c1ccc(CN2CCC[C@H]2C(=O)N(C)C)cc1)c1nc(C#N)ncc1Cl. The number of hydrogen-bond acceptors (Lipinski definition) is 7. The zero-order valence-electron chi connectivity index (χ0n) is 20.0. The number of rotatable bonds is 8. The Bertz CT molecular complexity index is 1070. The molecule has 1 aromatic heterocycles. The van der Waals surface area contributed by atoms with Crippen LogP contribution in [0, 0.1) is 17.2 Å². The molecular weight excluding hydrogens is 454 g/mol. The van der Waals surface area contributed by atoms with Gasteiger partial charge >= 0.3 is 0 Å². The molecule has 0 bridgehead atoms. The number of nitrogens with zero attached hydrogens (tertiary/aromatic N) is 6. The number of benzene rings is 1. The molecule has 1 aliphatic heterocycles. The predicted molar refractivity (Wildman–Crippen MR) is 130 cm³/mol. The highest BCUT2D eigenvalue weighted by Crippen LogP contribution is 2.23. The van der Waals surface area contributed by atoms with Gasteiger partial charge in [-0.25, -0.2) is 4.98 Å². The summed E-state index contributed by atoms with van der Waals surface area (Å²) in [7, 11) is 3.56. The molecule has 1 N–H and O–H groups in total. The lowest BCUT2D eigenvalue weighted by atomic mass is 10.1. The zero-order chi connectivity index (χ0) is 24.8. The molecule has 9 nitrogen and oxygen atoms in total. The highest BCUT2D eigenvalue weighted by Gasteiger charge is 2.31. The molecule has 0 radical (unpaired) electrons. The molecule has 3 rings (SSSR count). The number of nitrogens with one attached hydrogen (secondary N) is 1. The number of hydrogen-bond donors (Lipinski definition) is 1. The smallest absolute Gasteiger partial charge is 0.269 e. The van der Waals surface area contributed by atoms with Crippen LogP contribution in [0.1, 0.15) is 48.4 Å². The van der Waals surface area contributed by atoms with Crippen LogP contribution in [-0.2, 0) is 11.3 Å². The van der Waals surface area contributed by atoms with Crippen LogP contribution in [0.4, 0.5) is 5.82 Å². The van der Waals surface area contributed by atoms with Gasteiger partial charge < -0.3 is 4.90 Å². The number of nitriles is 1. The first-order chi connectivity index (χ1) is 16.2. The van der Waals surface area contributed by atoms with Crippen molar-refractivity contribution >= 4 is 29.2 Å². The lowest BCUT2D eigenvalue weighted by Crippen LogP contribution is -2.45. The number of amides is 2. The van der Waals surface area contributed by atoms with Crippen molar-refractivity contribution in [2.75, 3.05) is 32.2 Å². The maximum Gasteiger partial charge on any atom is 0.269 e. The topological polar surface area (TPSA) is 105 Å².